The van der Waals surface area contributed by atoms with E-state index in [9.17, 15) is 4.79 Å². The minimum atomic E-state index is 0.0286. The Hall–Kier alpha value is -2.67. The largest absolute Gasteiger partial charge is 0.364 e. The van der Waals surface area contributed by atoms with Crippen LogP contribution in [0.1, 0.15) is 36.0 Å². The van der Waals surface area contributed by atoms with Crippen LogP contribution in [0.3, 0.4) is 0 Å². The lowest BCUT2D eigenvalue weighted by Crippen LogP contribution is -2.41. The third kappa shape index (κ3) is 3.88. The molecule has 1 fully saturated rings. The number of hydrogen-bond acceptors (Lipinski definition) is 4. The van der Waals surface area contributed by atoms with Crippen LogP contribution in [0.15, 0.2) is 30.6 Å². The molecule has 1 aliphatic rings. The van der Waals surface area contributed by atoms with Crippen molar-refractivity contribution < 1.29 is 9.53 Å². The van der Waals surface area contributed by atoms with Crippen molar-refractivity contribution in [2.24, 2.45) is 7.05 Å². The number of nitrogens with zero attached hydrogens (tertiary/aromatic N) is 4. The molecule has 3 heterocycles. The first-order chi connectivity index (χ1) is 13.1. The molecule has 0 spiro atoms. The molecule has 0 aliphatic carbocycles. The van der Waals surface area contributed by atoms with Gasteiger partial charge in [-0.15, -0.1) is 0 Å². The maximum atomic E-state index is 12.5. The first-order valence-corrected chi connectivity index (χ1v) is 9.38. The van der Waals surface area contributed by atoms with Crippen molar-refractivity contribution >= 4 is 16.9 Å². The second-order valence-electron chi connectivity index (χ2n) is 7.27. The second-order valence-corrected chi connectivity index (χ2v) is 7.27. The number of nitrogens with one attached hydrogen (secondary N) is 1. The van der Waals surface area contributed by atoms with E-state index in [0.29, 0.717) is 19.1 Å². The molecule has 0 saturated carbocycles. The van der Waals surface area contributed by atoms with Crippen LogP contribution in [0.4, 0.5) is 0 Å². The topological polar surface area (TPSA) is 76.0 Å². The summed E-state index contributed by atoms with van der Waals surface area (Å²) in [6.07, 6.45) is 5.82. The number of H-pyrrole nitrogens is 1. The third-order valence-electron chi connectivity index (χ3n) is 5.15. The van der Waals surface area contributed by atoms with Crippen molar-refractivity contribution in [1.82, 2.24) is 24.4 Å². The fraction of sp³-hybridized carbons (Fsp3) is 0.450. The van der Waals surface area contributed by atoms with Crippen LogP contribution < -0.4 is 0 Å². The van der Waals surface area contributed by atoms with E-state index in [1.54, 1.807) is 0 Å². The molecule has 1 aromatic carbocycles. The van der Waals surface area contributed by atoms with Gasteiger partial charge >= 0.3 is 0 Å². The molecule has 2 aromatic heterocycles. The number of aromatic nitrogens is 4. The molecule has 1 aliphatic heterocycles. The molecule has 7 nitrogen and oxygen atoms in total. The number of aromatic amines is 1. The molecule has 1 atom stereocenters. The van der Waals surface area contributed by atoms with Gasteiger partial charge in [-0.05, 0) is 37.5 Å². The van der Waals surface area contributed by atoms with Gasteiger partial charge in [0, 0.05) is 38.4 Å². The normalized spacial score (nSPS) is 17.6. The Morgan fingerprint density at radius 2 is 2.30 bits per heavy atom. The number of aryl methyl sites for hydroxylation is 2. The van der Waals surface area contributed by atoms with Gasteiger partial charge in [-0.2, -0.15) is 0 Å². The van der Waals surface area contributed by atoms with Gasteiger partial charge in [0.1, 0.15) is 24.9 Å². The van der Waals surface area contributed by atoms with Crippen molar-refractivity contribution in [3.8, 4) is 0 Å². The molecule has 0 unspecified atom stereocenters. The zero-order chi connectivity index (χ0) is 18.8. The number of carbonyl (C=O) groups is 1. The van der Waals surface area contributed by atoms with E-state index >= 15 is 0 Å². The predicted molar refractivity (Wildman–Crippen MR) is 102 cm³/mol. The van der Waals surface area contributed by atoms with Crippen LogP contribution in [0, 0.1) is 6.92 Å². The second kappa shape index (κ2) is 7.52. The van der Waals surface area contributed by atoms with Crippen LogP contribution in [-0.4, -0.2) is 50.0 Å². The summed E-state index contributed by atoms with van der Waals surface area (Å²) in [4.78, 5) is 26.6. The Morgan fingerprint density at radius 1 is 1.41 bits per heavy atom. The number of hydrogen-bond donors (Lipinski definition) is 1. The van der Waals surface area contributed by atoms with Crippen molar-refractivity contribution in [3.05, 3.63) is 47.8 Å². The van der Waals surface area contributed by atoms with Gasteiger partial charge in [-0.1, -0.05) is 6.07 Å². The summed E-state index contributed by atoms with van der Waals surface area (Å²) in [5.74, 6) is 2.11. The molecule has 27 heavy (non-hydrogen) atoms. The minimum Gasteiger partial charge on any atom is -0.364 e. The van der Waals surface area contributed by atoms with Gasteiger partial charge < -0.3 is 19.2 Å². The zero-order valence-corrected chi connectivity index (χ0v) is 15.8. The van der Waals surface area contributed by atoms with E-state index in [1.165, 1.54) is 5.56 Å². The van der Waals surface area contributed by atoms with Gasteiger partial charge in [0.05, 0.1) is 11.0 Å². The lowest BCUT2D eigenvalue weighted by Gasteiger charge is -2.32. The number of likely N-dealkylation sites (tertiary alicyclic amines) is 1. The van der Waals surface area contributed by atoms with Crippen molar-refractivity contribution in [1.29, 1.82) is 0 Å². The van der Waals surface area contributed by atoms with Crippen LogP contribution in [-0.2, 0) is 23.2 Å². The molecule has 4 rings (SSSR count). The average Bonchev–Trinajstić information content (AvgIpc) is 3.27. The van der Waals surface area contributed by atoms with Crippen LogP contribution in [0.25, 0.3) is 11.0 Å². The first kappa shape index (κ1) is 17.7. The number of piperidine rings is 1. The minimum absolute atomic E-state index is 0.0286. The van der Waals surface area contributed by atoms with Crippen molar-refractivity contribution in [2.45, 2.75) is 32.3 Å². The quantitative estimate of drug-likeness (QED) is 0.752. The van der Waals surface area contributed by atoms with Crippen LogP contribution in [0.5, 0.6) is 0 Å². The highest BCUT2D eigenvalue weighted by atomic mass is 16.5. The maximum absolute atomic E-state index is 12.5. The number of ether oxygens (including phenoxy) is 1. The van der Waals surface area contributed by atoms with Crippen molar-refractivity contribution in [2.75, 3.05) is 19.7 Å². The van der Waals surface area contributed by atoms with E-state index < -0.39 is 0 Å². The van der Waals surface area contributed by atoms with E-state index in [-0.39, 0.29) is 12.5 Å². The van der Waals surface area contributed by atoms with Gasteiger partial charge in [0.15, 0.2) is 0 Å². The van der Waals surface area contributed by atoms with E-state index in [2.05, 4.69) is 21.0 Å². The van der Waals surface area contributed by atoms with E-state index in [1.807, 2.05) is 48.0 Å². The molecular formula is C20H25N5O2. The standard InChI is InChI=1S/C20H25N5O2/c1-14-5-6-16-17(10-14)23-18(22-16)12-27-13-19(26)25-8-3-4-15(11-25)20-21-7-9-24(20)2/h5-7,9-10,15H,3-4,8,11-13H2,1-2H3,(H,22,23)/t15-/m1/s1. The molecule has 7 heteroatoms. The molecule has 1 amide bonds. The summed E-state index contributed by atoms with van der Waals surface area (Å²) >= 11 is 0. The fourth-order valence-electron chi connectivity index (χ4n) is 3.76. The Bertz CT molecular complexity index is 945. The van der Waals surface area contributed by atoms with Gasteiger partial charge in [-0.3, -0.25) is 4.79 Å². The number of imidazole rings is 2. The summed E-state index contributed by atoms with van der Waals surface area (Å²) in [5, 5.41) is 0. The highest BCUT2D eigenvalue weighted by Crippen LogP contribution is 2.25. The number of benzene rings is 1. The Labute approximate surface area is 158 Å². The molecule has 142 valence electrons. The zero-order valence-electron chi connectivity index (χ0n) is 15.8. The average molecular weight is 367 g/mol. The van der Waals surface area contributed by atoms with E-state index in [4.69, 9.17) is 4.74 Å². The number of rotatable bonds is 5. The number of fused-ring (bicyclic) bond motifs is 1. The molecular weight excluding hydrogens is 342 g/mol. The van der Waals surface area contributed by atoms with Crippen molar-refractivity contribution in [3.63, 3.8) is 0 Å². The highest BCUT2D eigenvalue weighted by Gasteiger charge is 2.26. The summed E-state index contributed by atoms with van der Waals surface area (Å²) in [7, 11) is 2.00. The summed E-state index contributed by atoms with van der Waals surface area (Å²) in [6.45, 7) is 3.91. The monoisotopic (exact) mass is 367 g/mol. The summed E-state index contributed by atoms with van der Waals surface area (Å²) < 4.78 is 7.68. The lowest BCUT2D eigenvalue weighted by molar-refractivity contribution is -0.137. The molecule has 0 bridgehead atoms. The Balaban J connectivity index is 1.31. The third-order valence-corrected chi connectivity index (χ3v) is 5.15. The van der Waals surface area contributed by atoms with Crippen LogP contribution >= 0.6 is 0 Å². The van der Waals surface area contributed by atoms with Gasteiger partial charge in [-0.25, -0.2) is 9.97 Å². The fourth-order valence-corrected chi connectivity index (χ4v) is 3.76. The smallest absolute Gasteiger partial charge is 0.248 e. The van der Waals surface area contributed by atoms with E-state index in [0.717, 1.165) is 42.1 Å². The molecule has 3 aromatic rings. The predicted octanol–water partition coefficient (Wildman–Crippen LogP) is 2.53. The Morgan fingerprint density at radius 3 is 3.11 bits per heavy atom. The molecule has 1 N–H and O–H groups in total. The summed E-state index contributed by atoms with van der Waals surface area (Å²) in [6, 6.07) is 6.08. The number of carbonyl (C=O) groups excluding carboxylic acids is 1. The maximum Gasteiger partial charge on any atom is 0.248 e. The molecule has 0 radical (unpaired) electrons. The first-order valence-electron chi connectivity index (χ1n) is 9.38. The highest BCUT2D eigenvalue weighted by molar-refractivity contribution is 5.77. The molecule has 1 saturated heterocycles. The number of amides is 1. The van der Waals surface area contributed by atoms with Crippen LogP contribution in [0.2, 0.25) is 0 Å². The summed E-state index contributed by atoms with van der Waals surface area (Å²) in [5.41, 5.74) is 3.09. The lowest BCUT2D eigenvalue weighted by atomic mass is 9.97. The van der Waals surface area contributed by atoms with Gasteiger partial charge in [0.25, 0.3) is 0 Å². The SMILES string of the molecule is Cc1ccc2nc(COCC(=O)N3CCC[C@@H](c4nccn4C)C3)[nH]c2c1. The Kier molecular flexibility index (Phi) is 4.94. The van der Waals surface area contributed by atoms with Gasteiger partial charge in [0.2, 0.25) is 5.91 Å².